The number of nitrogens with one attached hydrogen (secondary N) is 1. The summed E-state index contributed by atoms with van der Waals surface area (Å²) in [4.78, 5) is 21.3. The van der Waals surface area contributed by atoms with E-state index < -0.39 is 0 Å². The van der Waals surface area contributed by atoms with Crippen LogP contribution < -0.4 is 14.8 Å². The van der Waals surface area contributed by atoms with E-state index >= 15 is 0 Å². The number of carbonyl (C=O) groups excluding carboxylic acids is 1. The molecule has 134 valence electrons. The molecule has 1 aliphatic heterocycles. The molecule has 0 saturated heterocycles. The van der Waals surface area contributed by atoms with Crippen molar-refractivity contribution in [3.63, 3.8) is 0 Å². The number of rotatable bonds is 3. The van der Waals surface area contributed by atoms with E-state index in [1.807, 2.05) is 37.3 Å². The predicted octanol–water partition coefficient (Wildman–Crippen LogP) is 4.60. The van der Waals surface area contributed by atoms with E-state index in [1.54, 1.807) is 17.4 Å². The SMILES string of the molecule is Cc1nc2ccc3nc(NC(=O)C=Cc4ccc5c(c4)OCO5)sc3c2s1. The highest BCUT2D eigenvalue weighted by molar-refractivity contribution is 7.28. The Kier molecular flexibility index (Phi) is 3.80. The lowest BCUT2D eigenvalue weighted by molar-refractivity contribution is -0.111. The summed E-state index contributed by atoms with van der Waals surface area (Å²) in [5.41, 5.74) is 2.70. The van der Waals surface area contributed by atoms with Crippen LogP contribution in [0.1, 0.15) is 10.6 Å². The van der Waals surface area contributed by atoms with Crippen LogP contribution in [0.25, 0.3) is 26.5 Å². The van der Waals surface area contributed by atoms with Gasteiger partial charge in [-0.3, -0.25) is 10.1 Å². The first-order chi connectivity index (χ1) is 13.2. The predicted molar refractivity (Wildman–Crippen MR) is 108 cm³/mol. The molecule has 1 aliphatic rings. The van der Waals surface area contributed by atoms with Gasteiger partial charge in [0, 0.05) is 6.08 Å². The Bertz CT molecular complexity index is 1230. The fourth-order valence-electron chi connectivity index (χ4n) is 2.87. The average molecular weight is 395 g/mol. The number of nitrogens with zero attached hydrogens (tertiary/aromatic N) is 2. The van der Waals surface area contributed by atoms with Crippen molar-refractivity contribution in [3.8, 4) is 11.5 Å². The minimum absolute atomic E-state index is 0.229. The molecule has 5 rings (SSSR count). The molecule has 0 spiro atoms. The molecule has 4 aromatic rings. The number of fused-ring (bicyclic) bond motifs is 4. The molecular formula is C19H13N3O3S2. The van der Waals surface area contributed by atoms with Crippen LogP contribution in [0.15, 0.2) is 36.4 Å². The van der Waals surface area contributed by atoms with Crippen LogP contribution in [-0.2, 0) is 4.79 Å². The summed E-state index contributed by atoms with van der Waals surface area (Å²) in [6, 6.07) is 9.44. The summed E-state index contributed by atoms with van der Waals surface area (Å²) >= 11 is 3.10. The molecule has 1 amide bonds. The molecule has 0 atom stereocenters. The fraction of sp³-hybridized carbons (Fsp3) is 0.105. The van der Waals surface area contributed by atoms with E-state index in [9.17, 15) is 4.79 Å². The number of carbonyl (C=O) groups is 1. The summed E-state index contributed by atoms with van der Waals surface area (Å²) in [6.07, 6.45) is 3.21. The standard InChI is InChI=1S/C19H13N3O3S2/c1-10-20-12-4-5-13-18(17(12)26-10)27-19(21-13)22-16(23)7-3-11-2-6-14-15(8-11)25-9-24-14/h2-8H,9H2,1H3,(H,21,22,23). The fourth-order valence-corrected chi connectivity index (χ4v) is 4.88. The van der Waals surface area contributed by atoms with Crippen molar-refractivity contribution in [2.45, 2.75) is 6.92 Å². The number of anilines is 1. The zero-order chi connectivity index (χ0) is 18.4. The molecule has 1 N–H and O–H groups in total. The third-order valence-corrected chi connectivity index (χ3v) is 6.21. The van der Waals surface area contributed by atoms with Crippen LogP contribution in [0.2, 0.25) is 0 Å². The van der Waals surface area contributed by atoms with Crippen molar-refractivity contribution in [2.24, 2.45) is 0 Å². The summed E-state index contributed by atoms with van der Waals surface area (Å²) < 4.78 is 12.8. The molecule has 0 radical (unpaired) electrons. The van der Waals surface area contributed by atoms with Crippen LogP contribution in [0.5, 0.6) is 11.5 Å². The normalized spacial score (nSPS) is 13.1. The molecule has 0 bridgehead atoms. The topological polar surface area (TPSA) is 73.3 Å². The number of benzene rings is 2. The van der Waals surface area contributed by atoms with Crippen LogP contribution in [0.3, 0.4) is 0 Å². The Hall–Kier alpha value is -2.97. The van der Waals surface area contributed by atoms with Gasteiger partial charge in [-0.25, -0.2) is 9.97 Å². The second kappa shape index (κ2) is 6.33. The second-order valence-electron chi connectivity index (χ2n) is 5.95. The van der Waals surface area contributed by atoms with Gasteiger partial charge in [-0.05, 0) is 42.8 Å². The molecule has 0 fully saturated rings. The lowest BCUT2D eigenvalue weighted by Crippen LogP contribution is -2.07. The Labute approximate surface area is 162 Å². The minimum Gasteiger partial charge on any atom is -0.454 e. The third kappa shape index (κ3) is 3.02. The maximum atomic E-state index is 12.3. The van der Waals surface area contributed by atoms with Gasteiger partial charge in [0.05, 0.1) is 25.4 Å². The zero-order valence-electron chi connectivity index (χ0n) is 14.2. The molecule has 2 aromatic heterocycles. The molecule has 0 unspecified atom stereocenters. The first-order valence-corrected chi connectivity index (χ1v) is 9.84. The van der Waals surface area contributed by atoms with Gasteiger partial charge < -0.3 is 9.47 Å². The van der Waals surface area contributed by atoms with Gasteiger partial charge >= 0.3 is 0 Å². The smallest absolute Gasteiger partial charge is 0.250 e. The molecule has 27 heavy (non-hydrogen) atoms. The second-order valence-corrected chi connectivity index (χ2v) is 8.15. The van der Waals surface area contributed by atoms with Gasteiger partial charge in [-0.2, -0.15) is 0 Å². The Morgan fingerprint density at radius 2 is 1.85 bits per heavy atom. The molecular weight excluding hydrogens is 382 g/mol. The van der Waals surface area contributed by atoms with E-state index in [0.29, 0.717) is 10.9 Å². The zero-order valence-corrected chi connectivity index (χ0v) is 15.8. The highest BCUT2D eigenvalue weighted by Crippen LogP contribution is 2.36. The summed E-state index contributed by atoms with van der Waals surface area (Å²) in [6.45, 7) is 2.22. The van der Waals surface area contributed by atoms with E-state index in [0.717, 1.165) is 36.8 Å². The molecule has 8 heteroatoms. The molecule has 0 saturated carbocycles. The number of hydrogen-bond acceptors (Lipinski definition) is 7. The maximum Gasteiger partial charge on any atom is 0.250 e. The largest absolute Gasteiger partial charge is 0.454 e. The Morgan fingerprint density at radius 1 is 1.07 bits per heavy atom. The maximum absolute atomic E-state index is 12.3. The van der Waals surface area contributed by atoms with Gasteiger partial charge in [0.2, 0.25) is 12.7 Å². The van der Waals surface area contributed by atoms with Gasteiger partial charge in [0.15, 0.2) is 16.6 Å². The Balaban J connectivity index is 1.36. The highest BCUT2D eigenvalue weighted by atomic mass is 32.1. The quantitative estimate of drug-likeness (QED) is 0.514. The molecule has 2 aromatic carbocycles. The van der Waals surface area contributed by atoms with Crippen LogP contribution in [0, 0.1) is 6.92 Å². The van der Waals surface area contributed by atoms with Gasteiger partial charge in [0.25, 0.3) is 0 Å². The first kappa shape index (κ1) is 16.2. The Morgan fingerprint density at radius 3 is 2.74 bits per heavy atom. The van der Waals surface area contributed by atoms with E-state index in [1.165, 1.54) is 17.4 Å². The van der Waals surface area contributed by atoms with Crippen molar-refractivity contribution in [1.29, 1.82) is 0 Å². The van der Waals surface area contributed by atoms with Crippen molar-refractivity contribution >= 4 is 60.2 Å². The van der Waals surface area contributed by atoms with Crippen LogP contribution in [-0.4, -0.2) is 22.7 Å². The number of thiazole rings is 2. The molecule has 0 aliphatic carbocycles. The summed E-state index contributed by atoms with van der Waals surface area (Å²) in [5.74, 6) is 1.17. The van der Waals surface area contributed by atoms with Crippen molar-refractivity contribution in [2.75, 3.05) is 12.1 Å². The number of aromatic nitrogens is 2. The summed E-state index contributed by atoms with van der Waals surface area (Å²) in [7, 11) is 0. The highest BCUT2D eigenvalue weighted by Gasteiger charge is 2.13. The van der Waals surface area contributed by atoms with Crippen molar-refractivity contribution < 1.29 is 14.3 Å². The average Bonchev–Trinajstić information content (AvgIpc) is 3.35. The van der Waals surface area contributed by atoms with E-state index in [4.69, 9.17) is 9.47 Å². The van der Waals surface area contributed by atoms with E-state index in [-0.39, 0.29) is 12.7 Å². The molecule has 3 heterocycles. The lowest BCUT2D eigenvalue weighted by Gasteiger charge is -1.98. The lowest BCUT2D eigenvalue weighted by atomic mass is 10.2. The number of hydrogen-bond donors (Lipinski definition) is 1. The third-order valence-electron chi connectivity index (χ3n) is 4.07. The minimum atomic E-state index is -0.233. The van der Waals surface area contributed by atoms with Crippen molar-refractivity contribution in [3.05, 3.63) is 47.0 Å². The first-order valence-electron chi connectivity index (χ1n) is 8.21. The number of amides is 1. The van der Waals surface area contributed by atoms with E-state index in [2.05, 4.69) is 15.3 Å². The van der Waals surface area contributed by atoms with Crippen molar-refractivity contribution in [1.82, 2.24) is 9.97 Å². The van der Waals surface area contributed by atoms with Gasteiger partial charge in [0.1, 0.15) is 0 Å². The van der Waals surface area contributed by atoms with Crippen LogP contribution in [0.4, 0.5) is 5.13 Å². The number of ether oxygens (including phenoxy) is 2. The summed E-state index contributed by atoms with van der Waals surface area (Å²) in [5, 5.41) is 4.43. The number of aryl methyl sites for hydroxylation is 1. The van der Waals surface area contributed by atoms with Gasteiger partial charge in [-0.1, -0.05) is 17.4 Å². The van der Waals surface area contributed by atoms with Gasteiger partial charge in [-0.15, -0.1) is 11.3 Å². The van der Waals surface area contributed by atoms with Crippen LogP contribution >= 0.6 is 22.7 Å². The monoisotopic (exact) mass is 395 g/mol. The molecule has 6 nitrogen and oxygen atoms in total.